The number of ether oxygens (including phenoxy) is 1. The van der Waals surface area contributed by atoms with Gasteiger partial charge in [-0.1, -0.05) is 35.9 Å². The summed E-state index contributed by atoms with van der Waals surface area (Å²) in [6.07, 6.45) is -1.29. The van der Waals surface area contributed by atoms with Gasteiger partial charge in [0.15, 0.2) is 21.4 Å². The topological polar surface area (TPSA) is 63.6 Å². The third kappa shape index (κ3) is 4.77. The molecule has 4 nitrogen and oxygen atoms in total. The van der Waals surface area contributed by atoms with Gasteiger partial charge in [0, 0.05) is 0 Å². The van der Waals surface area contributed by atoms with Crippen LogP contribution in [0.15, 0.2) is 42.5 Å². The lowest BCUT2D eigenvalue weighted by Crippen LogP contribution is -2.16. The third-order valence-electron chi connectivity index (χ3n) is 3.44. The molecule has 2 rings (SSSR count). The maximum Gasteiger partial charge on any atom is 0.165 e. The van der Waals surface area contributed by atoms with E-state index in [0.717, 1.165) is 11.6 Å². The normalized spacial score (nSPS) is 12.9. The molecule has 23 heavy (non-hydrogen) atoms. The number of methoxy groups -OCH3 is 1. The van der Waals surface area contributed by atoms with Gasteiger partial charge in [-0.05, 0) is 30.2 Å². The summed E-state index contributed by atoms with van der Waals surface area (Å²) >= 11 is 0. The smallest absolute Gasteiger partial charge is 0.165 e. The van der Waals surface area contributed by atoms with Gasteiger partial charge < -0.3 is 9.84 Å². The average Bonchev–Trinajstić information content (AvgIpc) is 2.46. The molecule has 0 spiro atoms. The molecule has 0 bridgehead atoms. The van der Waals surface area contributed by atoms with Crippen LogP contribution in [-0.2, 0) is 15.6 Å². The fraction of sp³-hybridized carbons (Fsp3) is 0.294. The van der Waals surface area contributed by atoms with Gasteiger partial charge in [-0.15, -0.1) is 0 Å². The number of rotatable bonds is 6. The fourth-order valence-corrected chi connectivity index (χ4v) is 3.82. The third-order valence-corrected chi connectivity index (χ3v) is 5.04. The molecular weight excluding hydrogens is 319 g/mol. The molecule has 0 aliphatic carbocycles. The van der Waals surface area contributed by atoms with Gasteiger partial charge in [0.05, 0.1) is 24.7 Å². The minimum atomic E-state index is -3.53. The number of halogens is 1. The van der Waals surface area contributed by atoms with Crippen LogP contribution in [0.5, 0.6) is 5.75 Å². The second-order valence-electron chi connectivity index (χ2n) is 5.45. The van der Waals surface area contributed by atoms with Crippen molar-refractivity contribution in [2.45, 2.75) is 18.8 Å². The Balaban J connectivity index is 2.12. The van der Waals surface area contributed by atoms with Crippen molar-refractivity contribution in [1.82, 2.24) is 0 Å². The van der Waals surface area contributed by atoms with Crippen LogP contribution in [0.25, 0.3) is 0 Å². The van der Waals surface area contributed by atoms with Crippen LogP contribution in [0.4, 0.5) is 4.39 Å². The predicted molar refractivity (Wildman–Crippen MR) is 86.6 cm³/mol. The molecule has 1 N–H and O–H groups in total. The first kappa shape index (κ1) is 17.4. The first-order valence-electron chi connectivity index (χ1n) is 7.08. The lowest BCUT2D eigenvalue weighted by Gasteiger charge is -2.13. The van der Waals surface area contributed by atoms with Crippen molar-refractivity contribution in [3.8, 4) is 5.75 Å². The van der Waals surface area contributed by atoms with Crippen molar-refractivity contribution >= 4 is 9.84 Å². The van der Waals surface area contributed by atoms with E-state index >= 15 is 0 Å². The molecule has 0 fully saturated rings. The van der Waals surface area contributed by atoms with E-state index in [1.807, 2.05) is 13.0 Å². The van der Waals surface area contributed by atoms with Gasteiger partial charge in [0.25, 0.3) is 0 Å². The Bertz CT molecular complexity index is 787. The first-order chi connectivity index (χ1) is 10.8. The largest absolute Gasteiger partial charge is 0.494 e. The van der Waals surface area contributed by atoms with Crippen LogP contribution in [0, 0.1) is 12.7 Å². The Morgan fingerprint density at radius 2 is 1.96 bits per heavy atom. The molecule has 0 radical (unpaired) electrons. The molecule has 2 aromatic carbocycles. The van der Waals surface area contributed by atoms with E-state index in [1.165, 1.54) is 19.2 Å². The highest BCUT2D eigenvalue weighted by molar-refractivity contribution is 7.90. The van der Waals surface area contributed by atoms with Crippen LogP contribution in [0.1, 0.15) is 22.8 Å². The molecule has 0 aromatic heterocycles. The summed E-state index contributed by atoms with van der Waals surface area (Å²) in [4.78, 5) is 0. The molecular formula is C17H19FO4S. The second kappa shape index (κ2) is 7.10. The van der Waals surface area contributed by atoms with Crippen molar-refractivity contribution in [3.63, 3.8) is 0 Å². The highest BCUT2D eigenvalue weighted by Crippen LogP contribution is 2.23. The van der Waals surface area contributed by atoms with Gasteiger partial charge in [0.1, 0.15) is 0 Å². The van der Waals surface area contributed by atoms with Crippen molar-refractivity contribution in [2.75, 3.05) is 12.9 Å². The van der Waals surface area contributed by atoms with E-state index in [1.54, 1.807) is 18.2 Å². The van der Waals surface area contributed by atoms with E-state index < -0.39 is 27.5 Å². The van der Waals surface area contributed by atoms with E-state index in [2.05, 4.69) is 0 Å². The number of hydrogen-bond donors (Lipinski definition) is 1. The Kier molecular flexibility index (Phi) is 5.38. The molecule has 0 saturated carbocycles. The standard InChI is InChI=1S/C17H19FO4S/c1-12-4-3-5-13(8-12)10-23(20,21)11-16(19)14-6-7-17(22-2)15(18)9-14/h3-9,16,19H,10-11H2,1-2H3. The Labute approximate surface area is 135 Å². The lowest BCUT2D eigenvalue weighted by atomic mass is 10.1. The summed E-state index contributed by atoms with van der Waals surface area (Å²) in [5.41, 5.74) is 1.84. The summed E-state index contributed by atoms with van der Waals surface area (Å²) in [6, 6.07) is 11.1. The van der Waals surface area contributed by atoms with Crippen LogP contribution < -0.4 is 4.74 Å². The summed E-state index contributed by atoms with van der Waals surface area (Å²) in [7, 11) is -2.20. The van der Waals surface area contributed by atoms with Crippen LogP contribution in [-0.4, -0.2) is 26.4 Å². The molecule has 1 atom stereocenters. The van der Waals surface area contributed by atoms with Gasteiger partial charge in [-0.25, -0.2) is 12.8 Å². The van der Waals surface area contributed by atoms with Crippen molar-refractivity contribution < 1.29 is 22.7 Å². The molecule has 0 aliphatic rings. The predicted octanol–water partition coefficient (Wildman–Crippen LogP) is 2.79. The van der Waals surface area contributed by atoms with Crippen molar-refractivity contribution in [1.29, 1.82) is 0 Å². The molecule has 0 aliphatic heterocycles. The van der Waals surface area contributed by atoms with Crippen molar-refractivity contribution in [3.05, 3.63) is 65.0 Å². The molecule has 124 valence electrons. The summed E-state index contributed by atoms with van der Waals surface area (Å²) in [5.74, 6) is -1.22. The molecule has 2 aromatic rings. The summed E-state index contributed by atoms with van der Waals surface area (Å²) in [6.45, 7) is 1.88. The molecule has 0 amide bonds. The van der Waals surface area contributed by atoms with Gasteiger partial charge in [0.2, 0.25) is 0 Å². The molecule has 6 heteroatoms. The zero-order valence-corrected chi connectivity index (χ0v) is 13.8. The molecule has 1 unspecified atom stereocenters. The van der Waals surface area contributed by atoms with E-state index in [4.69, 9.17) is 4.74 Å². The van der Waals surface area contributed by atoms with Gasteiger partial charge >= 0.3 is 0 Å². The lowest BCUT2D eigenvalue weighted by molar-refractivity contribution is 0.201. The van der Waals surface area contributed by atoms with Crippen molar-refractivity contribution in [2.24, 2.45) is 0 Å². The van der Waals surface area contributed by atoms with Crippen LogP contribution >= 0.6 is 0 Å². The minimum absolute atomic E-state index is 0.0450. The maximum absolute atomic E-state index is 13.6. The number of aliphatic hydroxyl groups excluding tert-OH is 1. The number of benzene rings is 2. The molecule has 0 saturated heterocycles. The highest BCUT2D eigenvalue weighted by atomic mass is 32.2. The number of aliphatic hydroxyl groups is 1. The summed E-state index contributed by atoms with van der Waals surface area (Å²) < 4.78 is 42.9. The fourth-order valence-electron chi connectivity index (χ4n) is 2.34. The summed E-state index contributed by atoms with van der Waals surface area (Å²) in [5, 5.41) is 10.1. The Hall–Kier alpha value is -1.92. The van der Waals surface area contributed by atoms with Gasteiger partial charge in [-0.2, -0.15) is 0 Å². The van der Waals surface area contributed by atoms with Gasteiger partial charge in [-0.3, -0.25) is 0 Å². The number of sulfone groups is 1. The second-order valence-corrected chi connectivity index (χ2v) is 7.56. The molecule has 0 heterocycles. The Morgan fingerprint density at radius 3 is 2.57 bits per heavy atom. The zero-order valence-electron chi connectivity index (χ0n) is 13.0. The highest BCUT2D eigenvalue weighted by Gasteiger charge is 2.20. The number of aryl methyl sites for hydroxylation is 1. The van der Waals surface area contributed by atoms with E-state index in [0.29, 0.717) is 5.56 Å². The van der Waals surface area contributed by atoms with E-state index in [-0.39, 0.29) is 17.1 Å². The SMILES string of the molecule is COc1ccc(C(O)CS(=O)(=O)Cc2cccc(C)c2)cc1F. The minimum Gasteiger partial charge on any atom is -0.494 e. The first-order valence-corrected chi connectivity index (χ1v) is 8.90. The Morgan fingerprint density at radius 1 is 1.22 bits per heavy atom. The van der Waals surface area contributed by atoms with Crippen LogP contribution in [0.2, 0.25) is 0 Å². The quantitative estimate of drug-likeness (QED) is 0.880. The monoisotopic (exact) mass is 338 g/mol. The maximum atomic E-state index is 13.6. The van der Waals surface area contributed by atoms with Crippen LogP contribution in [0.3, 0.4) is 0 Å². The van der Waals surface area contributed by atoms with E-state index in [9.17, 15) is 17.9 Å². The average molecular weight is 338 g/mol. The zero-order chi connectivity index (χ0) is 17.0. The number of hydrogen-bond acceptors (Lipinski definition) is 4.